The van der Waals surface area contributed by atoms with Gasteiger partial charge < -0.3 is 15.9 Å². The second kappa shape index (κ2) is 8.90. The van der Waals surface area contributed by atoms with Gasteiger partial charge >= 0.3 is 0 Å². The van der Waals surface area contributed by atoms with Crippen molar-refractivity contribution in [1.29, 1.82) is 5.41 Å². The smallest absolute Gasteiger partial charge is 0.156 e. The summed E-state index contributed by atoms with van der Waals surface area (Å²) in [6.07, 6.45) is 5.14. The van der Waals surface area contributed by atoms with Crippen LogP contribution in [0.2, 0.25) is 0 Å². The highest BCUT2D eigenvalue weighted by Gasteiger charge is 2.20. The Morgan fingerprint density at radius 1 is 1.16 bits per heavy atom. The number of aromatic nitrogens is 2. The van der Waals surface area contributed by atoms with Crippen LogP contribution in [0.4, 0.5) is 5.69 Å². The van der Waals surface area contributed by atoms with Crippen LogP contribution >= 0.6 is 0 Å². The number of hydrazine groups is 1. The number of aliphatic imine (C=N–C) groups is 1. The van der Waals surface area contributed by atoms with Gasteiger partial charge in [0.25, 0.3) is 0 Å². The molecule has 0 radical (unpaired) electrons. The van der Waals surface area contributed by atoms with Crippen molar-refractivity contribution in [2.45, 2.75) is 13.1 Å². The van der Waals surface area contributed by atoms with Gasteiger partial charge in [-0.05, 0) is 34.9 Å². The molecule has 0 spiro atoms. The van der Waals surface area contributed by atoms with Crippen molar-refractivity contribution in [2.24, 2.45) is 16.6 Å². The third kappa shape index (κ3) is 4.37. The number of benzene rings is 2. The van der Waals surface area contributed by atoms with Gasteiger partial charge in [-0.1, -0.05) is 18.2 Å². The number of para-hydroxylation sites is 1. The Hall–Kier alpha value is -3.82. The van der Waals surface area contributed by atoms with E-state index in [1.54, 1.807) is 37.7 Å². The van der Waals surface area contributed by atoms with Gasteiger partial charge in [0.2, 0.25) is 0 Å². The molecule has 9 heteroatoms. The molecule has 0 saturated carbocycles. The molecule has 2 aromatic carbocycles. The van der Waals surface area contributed by atoms with Gasteiger partial charge in [-0.3, -0.25) is 16.2 Å². The van der Waals surface area contributed by atoms with Crippen LogP contribution in [0.5, 0.6) is 5.75 Å². The lowest BCUT2D eigenvalue weighted by atomic mass is 10.0. The maximum absolute atomic E-state index is 8.35. The molecule has 1 aromatic heterocycles. The molecule has 6 N–H and O–H groups in total. The van der Waals surface area contributed by atoms with Gasteiger partial charge in [0.05, 0.1) is 13.7 Å². The normalized spacial score (nSPS) is 13.7. The number of nitrogens with two attached hydrogens (primary N) is 2. The van der Waals surface area contributed by atoms with E-state index >= 15 is 0 Å². The van der Waals surface area contributed by atoms with Gasteiger partial charge in [-0.25, -0.2) is 15.0 Å². The van der Waals surface area contributed by atoms with E-state index in [1.807, 2.05) is 0 Å². The van der Waals surface area contributed by atoms with Crippen molar-refractivity contribution in [3.63, 3.8) is 0 Å². The lowest BCUT2D eigenvalue weighted by molar-refractivity contribution is 0.326. The largest absolute Gasteiger partial charge is 0.495 e. The summed E-state index contributed by atoms with van der Waals surface area (Å²) in [7, 11) is 1.54. The topological polar surface area (TPSA) is 139 Å². The summed E-state index contributed by atoms with van der Waals surface area (Å²) >= 11 is 0. The minimum Gasteiger partial charge on any atom is -0.495 e. The Labute approximate surface area is 180 Å². The van der Waals surface area contributed by atoms with E-state index in [2.05, 4.69) is 43.5 Å². The highest BCUT2D eigenvalue weighted by Crippen LogP contribution is 2.29. The van der Waals surface area contributed by atoms with E-state index in [-0.39, 0.29) is 5.84 Å². The van der Waals surface area contributed by atoms with Crippen molar-refractivity contribution in [3.05, 3.63) is 71.8 Å². The number of nitrogens with zero attached hydrogens (tertiary/aromatic N) is 4. The summed E-state index contributed by atoms with van der Waals surface area (Å²) in [5.74, 6) is 6.53. The minimum atomic E-state index is 0.0208. The average molecular weight is 416 g/mol. The number of methoxy groups -OCH3 is 1. The summed E-state index contributed by atoms with van der Waals surface area (Å²) in [6, 6.07) is 11.7. The Balaban J connectivity index is 1.46. The first-order valence-corrected chi connectivity index (χ1v) is 9.74. The fourth-order valence-corrected chi connectivity index (χ4v) is 3.72. The van der Waals surface area contributed by atoms with Gasteiger partial charge in [0.15, 0.2) is 5.84 Å². The Morgan fingerprint density at radius 3 is 2.68 bits per heavy atom. The van der Waals surface area contributed by atoms with Crippen LogP contribution in [-0.4, -0.2) is 40.2 Å². The second-order valence-electron chi connectivity index (χ2n) is 7.23. The number of fused-ring (bicyclic) bond motifs is 1. The average Bonchev–Trinajstić information content (AvgIpc) is 3.20. The Morgan fingerprint density at radius 2 is 1.94 bits per heavy atom. The quantitative estimate of drug-likeness (QED) is 0.209. The van der Waals surface area contributed by atoms with Crippen LogP contribution in [0.3, 0.4) is 0 Å². The van der Waals surface area contributed by atoms with E-state index < -0.39 is 0 Å². The molecule has 9 nitrogen and oxygen atoms in total. The summed E-state index contributed by atoms with van der Waals surface area (Å²) in [5, 5.41) is 8.35. The number of hydrogen-bond donors (Lipinski definition) is 4. The van der Waals surface area contributed by atoms with Crippen molar-refractivity contribution < 1.29 is 4.74 Å². The molecule has 1 aliphatic rings. The molecular formula is C22H24N8O. The number of ether oxygens (including phenoxy) is 1. The van der Waals surface area contributed by atoms with Crippen molar-refractivity contribution >= 4 is 17.4 Å². The van der Waals surface area contributed by atoms with Crippen LogP contribution in [0.15, 0.2) is 60.1 Å². The first-order valence-electron chi connectivity index (χ1n) is 9.74. The van der Waals surface area contributed by atoms with E-state index in [4.69, 9.17) is 21.7 Å². The third-order valence-corrected chi connectivity index (χ3v) is 5.17. The van der Waals surface area contributed by atoms with E-state index in [1.165, 1.54) is 17.5 Å². The zero-order valence-corrected chi connectivity index (χ0v) is 17.2. The molecule has 1 aliphatic heterocycles. The maximum atomic E-state index is 8.35. The molecule has 0 aliphatic carbocycles. The molecule has 0 bridgehead atoms. The van der Waals surface area contributed by atoms with Crippen molar-refractivity contribution in [1.82, 2.24) is 14.9 Å². The summed E-state index contributed by atoms with van der Waals surface area (Å²) in [5.41, 5.74) is 14.3. The second-order valence-corrected chi connectivity index (χ2v) is 7.23. The van der Waals surface area contributed by atoms with Crippen LogP contribution in [0, 0.1) is 5.41 Å². The molecule has 0 saturated heterocycles. The van der Waals surface area contributed by atoms with Gasteiger partial charge in [-0.2, -0.15) is 0 Å². The van der Waals surface area contributed by atoms with Gasteiger partial charge in [0, 0.05) is 36.6 Å². The first kappa shape index (κ1) is 20.5. The predicted molar refractivity (Wildman–Crippen MR) is 121 cm³/mol. The fraction of sp³-hybridized carbons (Fsp3) is 0.182. The highest BCUT2D eigenvalue weighted by molar-refractivity contribution is 6.08. The number of nitrogens with one attached hydrogen (secondary N) is 2. The molecule has 0 fully saturated rings. The van der Waals surface area contributed by atoms with Crippen LogP contribution in [0.1, 0.15) is 16.7 Å². The standard InChI is InChI=1S/C22H24N8O/c1-31-19-4-2-3-18(21(19)29-25)22(24)28-20(23)12-30-10-15-6-5-14(7-16(15)11-30)17-8-26-13-27-9-17/h2-9,13,29H,10-12,25H2,1H3,(H3,23,24,28). The maximum Gasteiger partial charge on any atom is 0.156 e. The number of anilines is 1. The molecule has 158 valence electrons. The zero-order valence-electron chi connectivity index (χ0n) is 17.2. The molecule has 4 rings (SSSR count). The van der Waals surface area contributed by atoms with Gasteiger partial charge in [-0.15, -0.1) is 0 Å². The third-order valence-electron chi connectivity index (χ3n) is 5.17. The first-order chi connectivity index (χ1) is 15.1. The summed E-state index contributed by atoms with van der Waals surface area (Å²) < 4.78 is 5.28. The van der Waals surface area contributed by atoms with Gasteiger partial charge in [0.1, 0.15) is 23.6 Å². The van der Waals surface area contributed by atoms with Crippen molar-refractivity contribution in [2.75, 3.05) is 19.1 Å². The van der Waals surface area contributed by atoms with Crippen LogP contribution in [0.25, 0.3) is 11.1 Å². The SMILES string of the molecule is COc1cccc(C(=N)N=C(N)CN2Cc3ccc(-c4cncnc4)cc3C2)c1NN. The summed E-state index contributed by atoms with van der Waals surface area (Å²) in [6.45, 7) is 1.99. The lowest BCUT2D eigenvalue weighted by Gasteiger charge is -2.15. The van der Waals surface area contributed by atoms with E-state index in [0.717, 1.165) is 24.2 Å². The fourth-order valence-electron chi connectivity index (χ4n) is 3.72. The molecule has 2 heterocycles. The molecule has 31 heavy (non-hydrogen) atoms. The molecule has 0 amide bonds. The number of amidine groups is 2. The van der Waals surface area contributed by atoms with Crippen LogP contribution in [-0.2, 0) is 13.1 Å². The molecule has 0 atom stereocenters. The predicted octanol–water partition coefficient (Wildman–Crippen LogP) is 2.14. The monoisotopic (exact) mass is 416 g/mol. The molecule has 0 unspecified atom stereocenters. The Bertz CT molecular complexity index is 1130. The minimum absolute atomic E-state index is 0.0208. The van der Waals surface area contributed by atoms with E-state index in [9.17, 15) is 0 Å². The zero-order chi connectivity index (χ0) is 21.8. The molecule has 3 aromatic rings. The lowest BCUT2D eigenvalue weighted by Crippen LogP contribution is -2.31. The van der Waals surface area contributed by atoms with E-state index in [0.29, 0.717) is 29.4 Å². The van der Waals surface area contributed by atoms with Crippen LogP contribution < -0.4 is 21.7 Å². The Kier molecular flexibility index (Phi) is 5.87. The number of hydrogen-bond acceptors (Lipinski definition) is 7. The number of rotatable bonds is 6. The molecular weight excluding hydrogens is 392 g/mol. The summed E-state index contributed by atoms with van der Waals surface area (Å²) in [4.78, 5) is 14.7. The number of nitrogen functional groups attached to an aromatic ring is 1. The van der Waals surface area contributed by atoms with Crippen molar-refractivity contribution in [3.8, 4) is 16.9 Å². The highest BCUT2D eigenvalue weighted by atomic mass is 16.5.